The predicted octanol–water partition coefficient (Wildman–Crippen LogP) is 2.47. The second kappa shape index (κ2) is 6.38. The summed E-state index contributed by atoms with van der Waals surface area (Å²) in [5.74, 6) is 0. The number of hydrogen-bond donors (Lipinski definition) is 1. The highest BCUT2D eigenvalue weighted by Gasteiger charge is 2.08. The van der Waals surface area contributed by atoms with E-state index in [4.69, 9.17) is 5.73 Å². The zero-order valence-corrected chi connectivity index (χ0v) is 12.7. The molecule has 0 spiro atoms. The lowest BCUT2D eigenvalue weighted by atomic mass is 10.1. The Morgan fingerprint density at radius 2 is 1.88 bits per heavy atom. The van der Waals surface area contributed by atoms with Crippen molar-refractivity contribution in [1.29, 1.82) is 0 Å². The van der Waals surface area contributed by atoms with Crippen molar-refractivity contribution in [2.45, 2.75) is 13.0 Å². The minimum absolute atomic E-state index is 0.0607. The molecule has 1 atom stereocenters. The summed E-state index contributed by atoms with van der Waals surface area (Å²) in [4.78, 5) is 4.43. The number of nitrogens with zero attached hydrogens (tertiary/aromatic N) is 2. The van der Waals surface area contributed by atoms with Crippen LogP contribution in [-0.2, 0) is 0 Å². The van der Waals surface area contributed by atoms with Crippen LogP contribution in [0, 0.1) is 0 Å². The van der Waals surface area contributed by atoms with Crippen LogP contribution in [0.5, 0.6) is 0 Å². The first-order chi connectivity index (χ1) is 7.91. The second-order valence-corrected chi connectivity index (χ2v) is 5.57. The van der Waals surface area contributed by atoms with Crippen molar-refractivity contribution < 1.29 is 0 Å². The van der Waals surface area contributed by atoms with Gasteiger partial charge < -0.3 is 15.5 Å². The van der Waals surface area contributed by atoms with Gasteiger partial charge >= 0.3 is 0 Å². The quantitative estimate of drug-likeness (QED) is 0.906. The Bertz CT molecular complexity index is 364. The van der Waals surface area contributed by atoms with Crippen molar-refractivity contribution in [3.8, 4) is 0 Å². The Balaban J connectivity index is 2.75. The first-order valence-electron chi connectivity index (χ1n) is 5.82. The summed E-state index contributed by atoms with van der Waals surface area (Å²) >= 11 is 3.58. The van der Waals surface area contributed by atoms with Crippen LogP contribution in [0.3, 0.4) is 0 Å². The highest BCUT2D eigenvalue weighted by atomic mass is 79.9. The van der Waals surface area contributed by atoms with Gasteiger partial charge in [-0.2, -0.15) is 0 Å². The Kier molecular flexibility index (Phi) is 5.43. The lowest BCUT2D eigenvalue weighted by molar-refractivity contribution is 0.416. The van der Waals surface area contributed by atoms with Crippen LogP contribution >= 0.6 is 15.9 Å². The maximum atomic E-state index is 5.89. The predicted molar refractivity (Wildman–Crippen MR) is 78.6 cm³/mol. The average Bonchev–Trinajstić information content (AvgIpc) is 2.25. The van der Waals surface area contributed by atoms with Gasteiger partial charge in [0.05, 0.1) is 0 Å². The average molecular weight is 300 g/mol. The minimum Gasteiger partial charge on any atom is -0.373 e. The maximum absolute atomic E-state index is 5.89. The second-order valence-electron chi connectivity index (χ2n) is 4.72. The number of hydrogen-bond acceptors (Lipinski definition) is 3. The molecule has 1 aromatic carbocycles. The number of halogens is 1. The normalized spacial score (nSPS) is 12.9. The Labute approximate surface area is 113 Å². The monoisotopic (exact) mass is 299 g/mol. The van der Waals surface area contributed by atoms with Crippen molar-refractivity contribution in [3.05, 3.63) is 28.2 Å². The molecule has 17 heavy (non-hydrogen) atoms. The van der Waals surface area contributed by atoms with Crippen molar-refractivity contribution in [2.24, 2.45) is 5.73 Å². The third-order valence-corrected chi connectivity index (χ3v) is 3.48. The number of rotatable bonds is 5. The van der Waals surface area contributed by atoms with Gasteiger partial charge in [0, 0.05) is 36.3 Å². The highest BCUT2D eigenvalue weighted by Crippen LogP contribution is 2.26. The van der Waals surface area contributed by atoms with Crippen LogP contribution in [0.15, 0.2) is 22.7 Å². The topological polar surface area (TPSA) is 32.5 Å². The fourth-order valence-electron chi connectivity index (χ4n) is 1.60. The van der Waals surface area contributed by atoms with Crippen LogP contribution in [0.4, 0.5) is 5.69 Å². The van der Waals surface area contributed by atoms with Gasteiger partial charge in [0.2, 0.25) is 0 Å². The minimum atomic E-state index is 0.0607. The van der Waals surface area contributed by atoms with E-state index in [-0.39, 0.29) is 6.04 Å². The Morgan fingerprint density at radius 1 is 1.24 bits per heavy atom. The Hall–Kier alpha value is -0.580. The summed E-state index contributed by atoms with van der Waals surface area (Å²) in [6.07, 6.45) is 0. The lowest BCUT2D eigenvalue weighted by Crippen LogP contribution is -2.28. The molecule has 0 fully saturated rings. The fourth-order valence-corrected chi connectivity index (χ4v) is 2.33. The molecule has 0 aliphatic carbocycles. The van der Waals surface area contributed by atoms with Gasteiger partial charge in [0.15, 0.2) is 0 Å². The molecule has 2 N–H and O–H groups in total. The van der Waals surface area contributed by atoms with Gasteiger partial charge in [0.25, 0.3) is 0 Å². The molecular weight excluding hydrogens is 278 g/mol. The molecule has 0 bridgehead atoms. The molecule has 0 saturated heterocycles. The van der Waals surface area contributed by atoms with Crippen LogP contribution in [-0.4, -0.2) is 39.1 Å². The van der Waals surface area contributed by atoms with E-state index in [1.54, 1.807) is 0 Å². The molecule has 0 aliphatic heterocycles. The SMILES string of the molecule is C[C@@H](N)c1ccc(N(C)CCN(C)C)cc1Br. The van der Waals surface area contributed by atoms with Crippen LogP contribution in [0.2, 0.25) is 0 Å². The summed E-state index contributed by atoms with van der Waals surface area (Å²) in [7, 11) is 6.28. The summed E-state index contributed by atoms with van der Waals surface area (Å²) in [5.41, 5.74) is 8.25. The summed E-state index contributed by atoms with van der Waals surface area (Å²) in [6, 6.07) is 6.41. The van der Waals surface area contributed by atoms with Crippen molar-refractivity contribution in [1.82, 2.24) is 4.90 Å². The molecule has 0 saturated carbocycles. The largest absolute Gasteiger partial charge is 0.373 e. The first kappa shape index (κ1) is 14.5. The van der Waals surface area contributed by atoms with Gasteiger partial charge in [0.1, 0.15) is 0 Å². The molecule has 0 aliphatic rings. The van der Waals surface area contributed by atoms with Crippen molar-refractivity contribution >= 4 is 21.6 Å². The molecular formula is C13H22BrN3. The van der Waals surface area contributed by atoms with E-state index < -0.39 is 0 Å². The van der Waals surface area contributed by atoms with Crippen LogP contribution < -0.4 is 10.6 Å². The number of nitrogens with two attached hydrogens (primary N) is 1. The smallest absolute Gasteiger partial charge is 0.0375 e. The van der Waals surface area contributed by atoms with E-state index in [1.165, 1.54) is 5.69 Å². The maximum Gasteiger partial charge on any atom is 0.0375 e. The highest BCUT2D eigenvalue weighted by molar-refractivity contribution is 9.10. The summed E-state index contributed by atoms with van der Waals surface area (Å²) in [5, 5.41) is 0. The van der Waals surface area contributed by atoms with Crippen LogP contribution in [0.1, 0.15) is 18.5 Å². The number of benzene rings is 1. The van der Waals surface area contributed by atoms with Crippen molar-refractivity contribution in [3.63, 3.8) is 0 Å². The third kappa shape index (κ3) is 4.30. The zero-order valence-electron chi connectivity index (χ0n) is 11.1. The molecule has 96 valence electrons. The van der Waals surface area contributed by atoms with Gasteiger partial charge in [-0.25, -0.2) is 0 Å². The van der Waals surface area contributed by atoms with E-state index in [0.29, 0.717) is 0 Å². The zero-order chi connectivity index (χ0) is 13.0. The van der Waals surface area contributed by atoms with Gasteiger partial charge in [-0.05, 0) is 38.7 Å². The fraction of sp³-hybridized carbons (Fsp3) is 0.538. The molecule has 0 aromatic heterocycles. The molecule has 4 heteroatoms. The van der Waals surface area contributed by atoms with Gasteiger partial charge in [-0.3, -0.25) is 0 Å². The summed E-state index contributed by atoms with van der Waals surface area (Å²) in [6.45, 7) is 4.05. The van der Waals surface area contributed by atoms with Crippen molar-refractivity contribution in [2.75, 3.05) is 39.1 Å². The van der Waals surface area contributed by atoms with E-state index in [0.717, 1.165) is 23.1 Å². The first-order valence-corrected chi connectivity index (χ1v) is 6.62. The Morgan fingerprint density at radius 3 is 2.35 bits per heavy atom. The summed E-state index contributed by atoms with van der Waals surface area (Å²) < 4.78 is 1.08. The molecule has 1 rings (SSSR count). The van der Waals surface area contributed by atoms with E-state index in [1.807, 2.05) is 6.92 Å². The van der Waals surface area contributed by atoms with Gasteiger partial charge in [-0.15, -0.1) is 0 Å². The van der Waals surface area contributed by atoms with E-state index in [9.17, 15) is 0 Å². The molecule has 0 amide bonds. The molecule has 3 nitrogen and oxygen atoms in total. The number of anilines is 1. The lowest BCUT2D eigenvalue weighted by Gasteiger charge is -2.22. The van der Waals surface area contributed by atoms with E-state index in [2.05, 4.69) is 65.1 Å². The third-order valence-electron chi connectivity index (χ3n) is 2.80. The number of likely N-dealkylation sites (N-methyl/N-ethyl adjacent to an activating group) is 2. The molecule has 1 aromatic rings. The standard InChI is InChI=1S/C13H22BrN3/c1-10(15)12-6-5-11(9-13(12)14)17(4)8-7-16(2)3/h5-6,9-10H,7-8,15H2,1-4H3/t10-/m1/s1. The van der Waals surface area contributed by atoms with Crippen LogP contribution in [0.25, 0.3) is 0 Å². The molecule has 0 heterocycles. The molecule has 0 radical (unpaired) electrons. The van der Waals surface area contributed by atoms with E-state index >= 15 is 0 Å². The molecule has 0 unspecified atom stereocenters. The van der Waals surface area contributed by atoms with Gasteiger partial charge in [-0.1, -0.05) is 22.0 Å².